The molecule has 1 aliphatic heterocycles. The molecule has 1 aromatic rings. The highest BCUT2D eigenvalue weighted by molar-refractivity contribution is 5.74. The van der Waals surface area contributed by atoms with Crippen molar-refractivity contribution in [1.29, 1.82) is 0 Å². The number of fused-ring (bicyclic) bond motifs is 1. The van der Waals surface area contributed by atoms with Crippen LogP contribution >= 0.6 is 0 Å². The third kappa shape index (κ3) is 2.64. The van der Waals surface area contributed by atoms with E-state index in [4.69, 9.17) is 5.11 Å². The second-order valence-corrected chi connectivity index (χ2v) is 5.02. The maximum Gasteiger partial charge on any atom is 0.322 e. The molecule has 0 amide bonds. The number of benzene rings is 1. The molecule has 0 bridgehead atoms. The first kappa shape index (κ1) is 12.9. The number of nitrogens with one attached hydrogen (secondary N) is 1. The maximum absolute atomic E-state index is 11.1. The van der Waals surface area contributed by atoms with Gasteiger partial charge in [0.05, 0.1) is 0 Å². The van der Waals surface area contributed by atoms with Crippen LogP contribution in [0.1, 0.15) is 12.5 Å². The Kier molecular flexibility index (Phi) is 3.87. The first-order valence-electron chi connectivity index (χ1n) is 6.34. The minimum atomic E-state index is -0.798. The second kappa shape index (κ2) is 5.40. The van der Waals surface area contributed by atoms with Crippen molar-refractivity contribution in [3.8, 4) is 0 Å². The van der Waals surface area contributed by atoms with E-state index in [9.17, 15) is 4.79 Å². The average molecular weight is 248 g/mol. The number of hydrogen-bond acceptors (Lipinski definition) is 3. The van der Waals surface area contributed by atoms with Gasteiger partial charge in [-0.2, -0.15) is 0 Å². The predicted octanol–water partition coefficient (Wildman–Crippen LogP) is 1.36. The summed E-state index contributed by atoms with van der Waals surface area (Å²) in [6.45, 7) is 3.63. The highest BCUT2D eigenvalue weighted by Crippen LogP contribution is 2.29. The molecule has 0 spiro atoms. The number of anilines is 1. The minimum absolute atomic E-state index is 0.507. The zero-order valence-electron chi connectivity index (χ0n) is 10.9. The minimum Gasteiger partial charge on any atom is -0.480 e. The summed E-state index contributed by atoms with van der Waals surface area (Å²) in [7, 11) is 1.69. The lowest BCUT2D eigenvalue weighted by Crippen LogP contribution is -2.47. The van der Waals surface area contributed by atoms with Crippen LogP contribution in [0.2, 0.25) is 0 Å². The van der Waals surface area contributed by atoms with Crippen LogP contribution in [0, 0.1) is 5.92 Å². The molecule has 0 aliphatic carbocycles. The molecule has 0 saturated heterocycles. The van der Waals surface area contributed by atoms with Crippen LogP contribution in [0.4, 0.5) is 5.69 Å². The summed E-state index contributed by atoms with van der Waals surface area (Å²) in [6.07, 6.45) is 1.07. The van der Waals surface area contributed by atoms with Gasteiger partial charge in [-0.15, -0.1) is 0 Å². The fourth-order valence-electron chi connectivity index (χ4n) is 2.59. The maximum atomic E-state index is 11.1. The average Bonchev–Trinajstić information content (AvgIpc) is 2.35. The van der Waals surface area contributed by atoms with E-state index in [2.05, 4.69) is 29.3 Å². The van der Waals surface area contributed by atoms with Crippen LogP contribution in [0.5, 0.6) is 0 Å². The van der Waals surface area contributed by atoms with Gasteiger partial charge in [0.2, 0.25) is 0 Å². The number of carboxylic acid groups (broad SMARTS) is 1. The van der Waals surface area contributed by atoms with Crippen molar-refractivity contribution in [1.82, 2.24) is 5.32 Å². The predicted molar refractivity (Wildman–Crippen MR) is 72.0 cm³/mol. The molecular formula is C14H20N2O2. The van der Waals surface area contributed by atoms with E-state index in [-0.39, 0.29) is 0 Å². The lowest BCUT2D eigenvalue weighted by atomic mass is 9.93. The van der Waals surface area contributed by atoms with Crippen molar-refractivity contribution in [3.63, 3.8) is 0 Å². The van der Waals surface area contributed by atoms with Gasteiger partial charge in [-0.3, -0.25) is 4.79 Å². The zero-order chi connectivity index (χ0) is 13.1. The molecule has 2 rings (SSSR count). The highest BCUT2D eigenvalue weighted by Gasteiger charge is 2.25. The van der Waals surface area contributed by atoms with Crippen molar-refractivity contribution < 1.29 is 9.90 Å². The van der Waals surface area contributed by atoms with Gasteiger partial charge in [0.15, 0.2) is 0 Å². The van der Waals surface area contributed by atoms with E-state index in [0.717, 1.165) is 13.0 Å². The van der Waals surface area contributed by atoms with Gasteiger partial charge in [0, 0.05) is 18.8 Å². The summed E-state index contributed by atoms with van der Waals surface area (Å²) < 4.78 is 0. The van der Waals surface area contributed by atoms with Gasteiger partial charge < -0.3 is 15.3 Å². The van der Waals surface area contributed by atoms with Gasteiger partial charge in [-0.1, -0.05) is 25.1 Å². The quantitative estimate of drug-likeness (QED) is 0.844. The van der Waals surface area contributed by atoms with E-state index in [1.54, 1.807) is 7.05 Å². The number of carbonyl (C=O) groups is 1. The molecule has 0 fully saturated rings. The van der Waals surface area contributed by atoms with Gasteiger partial charge >= 0.3 is 5.97 Å². The molecule has 18 heavy (non-hydrogen) atoms. The van der Waals surface area contributed by atoms with Crippen molar-refractivity contribution in [2.45, 2.75) is 19.4 Å². The van der Waals surface area contributed by atoms with Crippen LogP contribution in [0.15, 0.2) is 24.3 Å². The number of para-hydroxylation sites is 1. The van der Waals surface area contributed by atoms with Gasteiger partial charge in [0.1, 0.15) is 6.04 Å². The van der Waals surface area contributed by atoms with Gasteiger partial charge in [-0.25, -0.2) is 0 Å². The molecule has 1 aromatic carbocycles. The summed E-state index contributed by atoms with van der Waals surface area (Å²) in [5.41, 5.74) is 2.49. The van der Waals surface area contributed by atoms with Crippen LogP contribution in [-0.4, -0.2) is 37.3 Å². The normalized spacial score (nSPS) is 20.3. The SMILES string of the molecule is CNC(CN1CC(C)Cc2ccccc21)C(=O)O. The third-order valence-electron chi connectivity index (χ3n) is 3.48. The summed E-state index contributed by atoms with van der Waals surface area (Å²) in [5, 5.41) is 12.0. The topological polar surface area (TPSA) is 52.6 Å². The molecule has 2 unspecified atom stereocenters. The molecule has 0 aromatic heterocycles. The number of hydrogen-bond donors (Lipinski definition) is 2. The van der Waals surface area contributed by atoms with E-state index >= 15 is 0 Å². The lowest BCUT2D eigenvalue weighted by Gasteiger charge is -2.36. The van der Waals surface area contributed by atoms with E-state index in [1.165, 1.54) is 11.3 Å². The first-order valence-corrected chi connectivity index (χ1v) is 6.34. The lowest BCUT2D eigenvalue weighted by molar-refractivity contribution is -0.139. The molecule has 0 saturated carbocycles. The Morgan fingerprint density at radius 2 is 2.28 bits per heavy atom. The Morgan fingerprint density at radius 3 is 2.94 bits per heavy atom. The van der Waals surface area contributed by atoms with Crippen molar-refractivity contribution in [2.75, 3.05) is 25.0 Å². The van der Waals surface area contributed by atoms with Crippen LogP contribution < -0.4 is 10.2 Å². The summed E-state index contributed by atoms with van der Waals surface area (Å²) >= 11 is 0. The number of rotatable bonds is 4. The van der Waals surface area contributed by atoms with Gasteiger partial charge in [-0.05, 0) is 31.0 Å². The molecule has 2 N–H and O–H groups in total. The standard InChI is InChI=1S/C14H20N2O2/c1-10-7-11-5-3-4-6-13(11)16(8-10)9-12(15-2)14(17)18/h3-6,10,12,15H,7-9H2,1-2H3,(H,17,18). The Morgan fingerprint density at radius 1 is 1.56 bits per heavy atom. The van der Waals surface area contributed by atoms with E-state index in [0.29, 0.717) is 12.5 Å². The fraction of sp³-hybridized carbons (Fsp3) is 0.500. The Bertz CT molecular complexity index is 434. The zero-order valence-corrected chi connectivity index (χ0v) is 10.9. The Hall–Kier alpha value is -1.55. The molecule has 4 heteroatoms. The summed E-state index contributed by atoms with van der Waals surface area (Å²) in [4.78, 5) is 13.3. The van der Waals surface area contributed by atoms with Crippen LogP contribution in [-0.2, 0) is 11.2 Å². The Balaban J connectivity index is 2.20. The molecule has 1 aliphatic rings. The summed E-state index contributed by atoms with van der Waals surface area (Å²) in [5.74, 6) is -0.237. The Labute approximate surface area is 108 Å². The van der Waals surface area contributed by atoms with Gasteiger partial charge in [0.25, 0.3) is 0 Å². The summed E-state index contributed by atoms with van der Waals surface area (Å²) in [6, 6.07) is 7.74. The molecule has 1 heterocycles. The second-order valence-electron chi connectivity index (χ2n) is 5.02. The van der Waals surface area contributed by atoms with Crippen molar-refractivity contribution >= 4 is 11.7 Å². The van der Waals surface area contributed by atoms with Crippen molar-refractivity contribution in [3.05, 3.63) is 29.8 Å². The monoisotopic (exact) mass is 248 g/mol. The third-order valence-corrected chi connectivity index (χ3v) is 3.48. The number of nitrogens with zero attached hydrogens (tertiary/aromatic N) is 1. The molecule has 98 valence electrons. The van der Waals surface area contributed by atoms with Crippen molar-refractivity contribution in [2.24, 2.45) is 5.92 Å². The first-order chi connectivity index (χ1) is 8.61. The molecular weight excluding hydrogens is 228 g/mol. The molecule has 4 nitrogen and oxygen atoms in total. The number of aliphatic carboxylic acids is 1. The van der Waals surface area contributed by atoms with Crippen LogP contribution in [0.3, 0.4) is 0 Å². The smallest absolute Gasteiger partial charge is 0.322 e. The van der Waals surface area contributed by atoms with Crippen LogP contribution in [0.25, 0.3) is 0 Å². The number of likely N-dealkylation sites (N-methyl/N-ethyl adjacent to an activating group) is 1. The van der Waals surface area contributed by atoms with E-state index in [1.807, 2.05) is 12.1 Å². The highest BCUT2D eigenvalue weighted by atomic mass is 16.4. The molecule has 0 radical (unpaired) electrons. The fourth-order valence-corrected chi connectivity index (χ4v) is 2.59. The van der Waals surface area contributed by atoms with E-state index < -0.39 is 12.0 Å². The number of carboxylic acids is 1. The largest absolute Gasteiger partial charge is 0.480 e. The molecule has 2 atom stereocenters.